The van der Waals surface area contributed by atoms with Crippen LogP contribution >= 0.6 is 11.6 Å². The molecule has 0 nitrogen and oxygen atoms in total. The average molecular weight is 513 g/mol. The lowest BCUT2D eigenvalue weighted by Gasteiger charge is -2.37. The van der Waals surface area contributed by atoms with Gasteiger partial charge in [-0.3, -0.25) is 0 Å². The highest BCUT2D eigenvalue weighted by Crippen LogP contribution is 2.42. The third-order valence-corrected chi connectivity index (χ3v) is 9.12. The second-order valence-corrected chi connectivity index (χ2v) is 12.6. The van der Waals surface area contributed by atoms with E-state index in [4.69, 9.17) is 11.6 Å². The standard InChI is InChI=1S/C34H69Cl/c1-5-9-13-16-19-21-24-27-31-34(35,32-28-25-22-20-17-14-10-6-2)33(29-12-8-4)30-26-23-18-15-11-7-3/h33H,5-32H2,1-4H3. The molecule has 0 heterocycles. The highest BCUT2D eigenvalue weighted by atomic mass is 35.5. The second kappa shape index (κ2) is 27.3. The van der Waals surface area contributed by atoms with Crippen LogP contribution in [0.2, 0.25) is 0 Å². The van der Waals surface area contributed by atoms with Crippen LogP contribution in [0.5, 0.6) is 0 Å². The SMILES string of the molecule is CCCCCCCCCCC(Cl)(CCCCCCCCCC)C(CCCC)CCCCCCCC. The van der Waals surface area contributed by atoms with Crippen molar-refractivity contribution in [2.45, 2.75) is 212 Å². The summed E-state index contributed by atoms with van der Waals surface area (Å²) in [7, 11) is 0. The summed E-state index contributed by atoms with van der Waals surface area (Å²) in [5.74, 6) is 0.740. The van der Waals surface area contributed by atoms with Crippen LogP contribution in [0, 0.1) is 5.92 Å². The van der Waals surface area contributed by atoms with Crippen LogP contribution in [-0.2, 0) is 0 Å². The number of hydrogen-bond donors (Lipinski definition) is 0. The summed E-state index contributed by atoms with van der Waals surface area (Å²) in [6.45, 7) is 9.30. The fourth-order valence-corrected chi connectivity index (χ4v) is 6.41. The van der Waals surface area contributed by atoms with E-state index in [1.807, 2.05) is 0 Å². The molecular formula is C34H69Cl. The van der Waals surface area contributed by atoms with Gasteiger partial charge >= 0.3 is 0 Å². The molecule has 212 valence electrons. The van der Waals surface area contributed by atoms with Crippen molar-refractivity contribution in [2.75, 3.05) is 0 Å². The average Bonchev–Trinajstić information content (AvgIpc) is 2.86. The summed E-state index contributed by atoms with van der Waals surface area (Å²) in [4.78, 5) is 0.0724. The van der Waals surface area contributed by atoms with E-state index in [9.17, 15) is 0 Å². The van der Waals surface area contributed by atoms with E-state index >= 15 is 0 Å². The number of rotatable bonds is 29. The minimum absolute atomic E-state index is 0.0724. The largest absolute Gasteiger partial charge is 0.119 e. The Labute approximate surface area is 229 Å². The van der Waals surface area contributed by atoms with Crippen molar-refractivity contribution >= 4 is 11.6 Å². The van der Waals surface area contributed by atoms with Crippen molar-refractivity contribution in [1.82, 2.24) is 0 Å². The fraction of sp³-hybridized carbons (Fsp3) is 1.00. The van der Waals surface area contributed by atoms with Crippen molar-refractivity contribution in [2.24, 2.45) is 5.92 Å². The van der Waals surface area contributed by atoms with Crippen molar-refractivity contribution in [3.8, 4) is 0 Å². The molecule has 0 rings (SSSR count). The van der Waals surface area contributed by atoms with Gasteiger partial charge < -0.3 is 0 Å². The van der Waals surface area contributed by atoms with Crippen molar-refractivity contribution in [3.05, 3.63) is 0 Å². The smallest absolute Gasteiger partial charge is 0.0475 e. The van der Waals surface area contributed by atoms with Crippen LogP contribution in [0.3, 0.4) is 0 Å². The zero-order chi connectivity index (χ0) is 25.9. The predicted octanol–water partition coefficient (Wildman–Crippen LogP) is 13.6. The topological polar surface area (TPSA) is 0 Å². The van der Waals surface area contributed by atoms with Gasteiger partial charge in [0, 0.05) is 4.87 Å². The predicted molar refractivity (Wildman–Crippen MR) is 164 cm³/mol. The highest BCUT2D eigenvalue weighted by molar-refractivity contribution is 6.24. The van der Waals surface area contributed by atoms with E-state index in [0.717, 1.165) is 5.92 Å². The van der Waals surface area contributed by atoms with Gasteiger partial charge in [-0.25, -0.2) is 0 Å². The molecule has 0 saturated heterocycles. The number of alkyl halides is 1. The maximum atomic E-state index is 7.67. The van der Waals surface area contributed by atoms with E-state index in [-0.39, 0.29) is 4.87 Å². The van der Waals surface area contributed by atoms with E-state index in [2.05, 4.69) is 27.7 Å². The first-order valence-corrected chi connectivity index (χ1v) is 17.2. The molecule has 0 N–H and O–H groups in total. The third-order valence-electron chi connectivity index (χ3n) is 8.44. The summed E-state index contributed by atoms with van der Waals surface area (Å²) in [6.07, 6.45) is 38.9. The van der Waals surface area contributed by atoms with Gasteiger partial charge in [-0.15, -0.1) is 11.6 Å². The zero-order valence-corrected chi connectivity index (χ0v) is 26.0. The lowest BCUT2D eigenvalue weighted by Crippen LogP contribution is -2.32. The van der Waals surface area contributed by atoms with Crippen LogP contribution < -0.4 is 0 Å². The van der Waals surface area contributed by atoms with Gasteiger partial charge in [0.25, 0.3) is 0 Å². The first-order chi connectivity index (χ1) is 17.1. The third kappa shape index (κ3) is 22.0. The molecule has 0 radical (unpaired) electrons. The molecule has 0 aliphatic heterocycles. The molecule has 35 heavy (non-hydrogen) atoms. The first-order valence-electron chi connectivity index (χ1n) is 16.8. The van der Waals surface area contributed by atoms with Crippen LogP contribution in [0.15, 0.2) is 0 Å². The number of halogens is 1. The molecule has 0 saturated carbocycles. The summed E-state index contributed by atoms with van der Waals surface area (Å²) in [5.41, 5.74) is 0. The van der Waals surface area contributed by atoms with E-state index in [1.165, 1.54) is 180 Å². The Morgan fingerprint density at radius 2 is 0.657 bits per heavy atom. The summed E-state index contributed by atoms with van der Waals surface area (Å²) in [6, 6.07) is 0. The van der Waals surface area contributed by atoms with Crippen LogP contribution in [0.25, 0.3) is 0 Å². The molecule has 0 aliphatic carbocycles. The van der Waals surface area contributed by atoms with Crippen LogP contribution in [-0.4, -0.2) is 4.87 Å². The van der Waals surface area contributed by atoms with Gasteiger partial charge in [0.05, 0.1) is 0 Å². The highest BCUT2D eigenvalue weighted by Gasteiger charge is 2.34. The summed E-state index contributed by atoms with van der Waals surface area (Å²) < 4.78 is 0. The van der Waals surface area contributed by atoms with Crippen molar-refractivity contribution < 1.29 is 0 Å². The first kappa shape index (κ1) is 35.3. The molecule has 0 spiro atoms. The van der Waals surface area contributed by atoms with Gasteiger partial charge in [0.2, 0.25) is 0 Å². The van der Waals surface area contributed by atoms with Gasteiger partial charge in [-0.05, 0) is 31.6 Å². The molecule has 0 bridgehead atoms. The number of hydrogen-bond acceptors (Lipinski definition) is 0. The Bertz CT molecular complexity index is 370. The molecule has 0 fully saturated rings. The van der Waals surface area contributed by atoms with Crippen LogP contribution in [0.1, 0.15) is 207 Å². The van der Waals surface area contributed by atoms with E-state index < -0.39 is 0 Å². The summed E-state index contributed by atoms with van der Waals surface area (Å²) in [5, 5.41) is 0. The molecule has 1 heteroatoms. The molecule has 0 aromatic heterocycles. The molecule has 0 amide bonds. The van der Waals surface area contributed by atoms with Gasteiger partial charge in [-0.1, -0.05) is 182 Å². The van der Waals surface area contributed by atoms with Crippen molar-refractivity contribution in [3.63, 3.8) is 0 Å². The van der Waals surface area contributed by atoms with Gasteiger partial charge in [0.15, 0.2) is 0 Å². The van der Waals surface area contributed by atoms with Crippen LogP contribution in [0.4, 0.5) is 0 Å². The Morgan fingerprint density at radius 3 is 1.03 bits per heavy atom. The molecule has 0 aromatic carbocycles. The monoisotopic (exact) mass is 513 g/mol. The maximum absolute atomic E-state index is 7.67. The molecular weight excluding hydrogens is 444 g/mol. The maximum Gasteiger partial charge on any atom is 0.0475 e. The van der Waals surface area contributed by atoms with Crippen molar-refractivity contribution in [1.29, 1.82) is 0 Å². The molecule has 1 atom stereocenters. The Balaban J connectivity index is 4.67. The summed E-state index contributed by atoms with van der Waals surface area (Å²) >= 11 is 7.67. The Kier molecular flexibility index (Phi) is 27.6. The van der Waals surface area contributed by atoms with E-state index in [1.54, 1.807) is 0 Å². The van der Waals surface area contributed by atoms with Gasteiger partial charge in [0.1, 0.15) is 0 Å². The Morgan fingerprint density at radius 1 is 0.371 bits per heavy atom. The Hall–Kier alpha value is 0.290. The van der Waals surface area contributed by atoms with E-state index in [0.29, 0.717) is 0 Å². The normalized spacial score (nSPS) is 12.9. The lowest BCUT2D eigenvalue weighted by molar-refractivity contribution is 0.265. The lowest BCUT2D eigenvalue weighted by atomic mass is 9.77. The minimum Gasteiger partial charge on any atom is -0.119 e. The van der Waals surface area contributed by atoms with Gasteiger partial charge in [-0.2, -0.15) is 0 Å². The minimum atomic E-state index is 0.0724. The molecule has 0 aliphatic rings. The molecule has 1 unspecified atom stereocenters. The zero-order valence-electron chi connectivity index (χ0n) is 25.3. The fourth-order valence-electron chi connectivity index (χ4n) is 5.92. The quantitative estimate of drug-likeness (QED) is 0.0689. The molecule has 0 aromatic rings. The second-order valence-electron chi connectivity index (χ2n) is 11.9. The number of unbranched alkanes of at least 4 members (excludes halogenated alkanes) is 20.